The highest BCUT2D eigenvalue weighted by Crippen LogP contribution is 2.40. The molecule has 1 heterocycles. The summed E-state index contributed by atoms with van der Waals surface area (Å²) in [5, 5.41) is 3.17. The summed E-state index contributed by atoms with van der Waals surface area (Å²) in [7, 11) is 2.96. The first-order valence-electron chi connectivity index (χ1n) is 10.4. The molecule has 1 atom stereocenters. The number of benzene rings is 1. The largest absolute Gasteiger partial charge is 0.493 e. The van der Waals surface area contributed by atoms with E-state index in [9.17, 15) is 14.4 Å². The molecule has 1 aliphatic rings. The van der Waals surface area contributed by atoms with E-state index in [1.807, 2.05) is 0 Å². The zero-order valence-corrected chi connectivity index (χ0v) is 19.4. The quantitative estimate of drug-likeness (QED) is 0.596. The number of carbonyl (C=O) groups is 3. The average molecular weight is 462 g/mol. The molecule has 1 amide bonds. The van der Waals surface area contributed by atoms with Gasteiger partial charge in [0.2, 0.25) is 0 Å². The topological polar surface area (TPSA) is 100 Å². The van der Waals surface area contributed by atoms with Crippen molar-refractivity contribution in [2.45, 2.75) is 33.1 Å². The van der Waals surface area contributed by atoms with Gasteiger partial charge in [0, 0.05) is 4.88 Å². The zero-order chi connectivity index (χ0) is 23.3. The van der Waals surface area contributed by atoms with Gasteiger partial charge in [-0.2, -0.15) is 0 Å². The second-order valence-electron chi connectivity index (χ2n) is 7.47. The first-order valence-corrected chi connectivity index (χ1v) is 11.2. The van der Waals surface area contributed by atoms with E-state index in [-0.39, 0.29) is 12.2 Å². The van der Waals surface area contributed by atoms with Gasteiger partial charge in [0.05, 0.1) is 32.0 Å². The normalized spacial score (nSPS) is 14.8. The van der Waals surface area contributed by atoms with Crippen LogP contribution in [0.3, 0.4) is 0 Å². The highest BCUT2D eigenvalue weighted by Gasteiger charge is 2.29. The number of ether oxygens (including phenoxy) is 4. The lowest BCUT2D eigenvalue weighted by Gasteiger charge is -2.18. The Morgan fingerprint density at radius 2 is 1.84 bits per heavy atom. The Hall–Kier alpha value is -3.07. The maximum absolute atomic E-state index is 12.6. The molecule has 0 saturated carbocycles. The number of rotatable bonds is 8. The van der Waals surface area contributed by atoms with E-state index in [1.165, 1.54) is 37.7 Å². The molecular weight excluding hydrogens is 434 g/mol. The lowest BCUT2D eigenvalue weighted by molar-refractivity contribution is -0.119. The van der Waals surface area contributed by atoms with Crippen molar-refractivity contribution >= 4 is 34.2 Å². The molecule has 9 heteroatoms. The third kappa shape index (κ3) is 5.21. The minimum atomic E-state index is -0.675. The lowest BCUT2D eigenvalue weighted by Crippen LogP contribution is -2.22. The van der Waals surface area contributed by atoms with E-state index >= 15 is 0 Å². The second-order valence-corrected chi connectivity index (χ2v) is 8.58. The first kappa shape index (κ1) is 23.6. The highest BCUT2D eigenvalue weighted by molar-refractivity contribution is 7.17. The molecule has 0 aliphatic heterocycles. The van der Waals surface area contributed by atoms with Crippen LogP contribution in [-0.2, 0) is 27.1 Å². The molecule has 0 unspecified atom stereocenters. The minimum Gasteiger partial charge on any atom is -0.493 e. The standard InChI is InChI=1S/C23H27NO7S/c1-5-30-23(27)20-15-8-6-13(2)10-18(15)32-21(20)24-19(25)12-31-22(26)14-7-9-16(28-3)17(11-14)29-4/h7,9,11,13H,5-6,8,10,12H2,1-4H3,(H,24,25)/t13-/m1/s1. The van der Waals surface area contributed by atoms with Crippen molar-refractivity contribution < 1.29 is 33.3 Å². The minimum absolute atomic E-state index is 0.225. The Morgan fingerprint density at radius 3 is 2.53 bits per heavy atom. The third-order valence-electron chi connectivity index (χ3n) is 5.20. The summed E-state index contributed by atoms with van der Waals surface area (Å²) in [6, 6.07) is 4.58. The molecule has 1 N–H and O–H groups in total. The Kier molecular flexibility index (Phi) is 7.74. The van der Waals surface area contributed by atoms with E-state index in [2.05, 4.69) is 12.2 Å². The van der Waals surface area contributed by atoms with Gasteiger partial charge in [0.25, 0.3) is 5.91 Å². The van der Waals surface area contributed by atoms with Crippen molar-refractivity contribution in [3.05, 3.63) is 39.8 Å². The van der Waals surface area contributed by atoms with E-state index in [0.29, 0.717) is 28.0 Å². The number of thiophene rings is 1. The molecule has 0 bridgehead atoms. The summed E-state index contributed by atoms with van der Waals surface area (Å²) in [5.74, 6) is -0.283. The highest BCUT2D eigenvalue weighted by atomic mass is 32.1. The smallest absolute Gasteiger partial charge is 0.341 e. The first-order chi connectivity index (χ1) is 15.4. The molecule has 1 aliphatic carbocycles. The van der Waals surface area contributed by atoms with Gasteiger partial charge >= 0.3 is 11.9 Å². The molecule has 2 aromatic rings. The number of amides is 1. The monoisotopic (exact) mass is 461 g/mol. The summed E-state index contributed by atoms with van der Waals surface area (Å²) in [5.41, 5.74) is 1.59. The molecule has 0 saturated heterocycles. The van der Waals surface area contributed by atoms with Crippen LogP contribution in [0.1, 0.15) is 51.4 Å². The number of anilines is 1. The number of carbonyl (C=O) groups excluding carboxylic acids is 3. The van der Waals surface area contributed by atoms with E-state index in [1.54, 1.807) is 13.0 Å². The van der Waals surface area contributed by atoms with E-state index in [0.717, 1.165) is 29.7 Å². The summed E-state index contributed by atoms with van der Waals surface area (Å²) in [4.78, 5) is 38.5. The van der Waals surface area contributed by atoms with Gasteiger partial charge in [0.15, 0.2) is 18.1 Å². The fourth-order valence-corrected chi connectivity index (χ4v) is 5.01. The molecule has 0 fully saturated rings. The predicted octanol–water partition coefficient (Wildman–Crippen LogP) is 3.86. The predicted molar refractivity (Wildman–Crippen MR) is 120 cm³/mol. The van der Waals surface area contributed by atoms with Crippen LogP contribution in [0.2, 0.25) is 0 Å². The molecule has 8 nitrogen and oxygen atoms in total. The summed E-state index contributed by atoms with van der Waals surface area (Å²) >= 11 is 1.38. The van der Waals surface area contributed by atoms with Crippen molar-refractivity contribution in [3.63, 3.8) is 0 Å². The maximum atomic E-state index is 12.6. The number of esters is 2. The van der Waals surface area contributed by atoms with Crippen LogP contribution in [-0.4, -0.2) is 45.3 Å². The number of hydrogen-bond acceptors (Lipinski definition) is 8. The molecular formula is C23H27NO7S. The van der Waals surface area contributed by atoms with Crippen LogP contribution in [0.15, 0.2) is 18.2 Å². The SMILES string of the molecule is CCOC(=O)c1c(NC(=O)COC(=O)c2ccc(OC)c(OC)c2)sc2c1CC[C@@H](C)C2. The average Bonchev–Trinajstić information content (AvgIpc) is 3.13. The lowest BCUT2D eigenvalue weighted by atomic mass is 9.88. The number of fused-ring (bicyclic) bond motifs is 1. The fraction of sp³-hybridized carbons (Fsp3) is 0.435. The molecule has 1 aromatic heterocycles. The summed E-state index contributed by atoms with van der Waals surface area (Å²) in [6.07, 6.45) is 2.61. The molecule has 0 spiro atoms. The van der Waals surface area contributed by atoms with Crippen LogP contribution >= 0.6 is 11.3 Å². The van der Waals surface area contributed by atoms with Gasteiger partial charge in [-0.05, 0) is 55.9 Å². The number of hydrogen-bond donors (Lipinski definition) is 1. The van der Waals surface area contributed by atoms with Crippen LogP contribution in [0, 0.1) is 5.92 Å². The van der Waals surface area contributed by atoms with E-state index in [4.69, 9.17) is 18.9 Å². The molecule has 3 rings (SSSR count). The third-order valence-corrected chi connectivity index (χ3v) is 6.37. The second kappa shape index (κ2) is 10.5. The van der Waals surface area contributed by atoms with Crippen LogP contribution in [0.25, 0.3) is 0 Å². The Balaban J connectivity index is 1.69. The van der Waals surface area contributed by atoms with Crippen LogP contribution in [0.4, 0.5) is 5.00 Å². The Bertz CT molecular complexity index is 1010. The van der Waals surface area contributed by atoms with Gasteiger partial charge in [-0.1, -0.05) is 6.92 Å². The molecule has 32 heavy (non-hydrogen) atoms. The van der Waals surface area contributed by atoms with Crippen molar-refractivity contribution in [1.82, 2.24) is 0 Å². The fourth-order valence-electron chi connectivity index (χ4n) is 3.60. The summed E-state index contributed by atoms with van der Waals surface area (Å²) in [6.45, 7) is 3.66. The van der Waals surface area contributed by atoms with Gasteiger partial charge in [-0.25, -0.2) is 9.59 Å². The van der Waals surface area contributed by atoms with Crippen LogP contribution < -0.4 is 14.8 Å². The number of methoxy groups -OCH3 is 2. The maximum Gasteiger partial charge on any atom is 0.341 e. The Labute approximate surface area is 190 Å². The van der Waals surface area contributed by atoms with Crippen molar-refractivity contribution in [1.29, 1.82) is 0 Å². The van der Waals surface area contributed by atoms with Crippen molar-refractivity contribution in [2.75, 3.05) is 32.8 Å². The van der Waals surface area contributed by atoms with Crippen molar-refractivity contribution in [2.24, 2.45) is 5.92 Å². The van der Waals surface area contributed by atoms with Gasteiger partial charge < -0.3 is 24.3 Å². The van der Waals surface area contributed by atoms with Crippen molar-refractivity contribution in [3.8, 4) is 11.5 Å². The molecule has 172 valence electrons. The zero-order valence-electron chi connectivity index (χ0n) is 18.6. The molecule has 0 radical (unpaired) electrons. The van der Waals surface area contributed by atoms with Gasteiger partial charge in [-0.3, -0.25) is 4.79 Å². The molecule has 1 aromatic carbocycles. The van der Waals surface area contributed by atoms with Crippen LogP contribution in [0.5, 0.6) is 11.5 Å². The van der Waals surface area contributed by atoms with Gasteiger partial charge in [0.1, 0.15) is 5.00 Å². The Morgan fingerprint density at radius 1 is 1.09 bits per heavy atom. The van der Waals surface area contributed by atoms with Gasteiger partial charge in [-0.15, -0.1) is 11.3 Å². The summed E-state index contributed by atoms with van der Waals surface area (Å²) < 4.78 is 20.7. The number of nitrogens with one attached hydrogen (secondary N) is 1. The van der Waals surface area contributed by atoms with E-state index < -0.39 is 24.5 Å².